The van der Waals surface area contributed by atoms with Crippen LogP contribution in [-0.4, -0.2) is 23.7 Å². The third kappa shape index (κ3) is 2.49. The van der Waals surface area contributed by atoms with Gasteiger partial charge in [0.1, 0.15) is 0 Å². The summed E-state index contributed by atoms with van der Waals surface area (Å²) in [6.07, 6.45) is 0. The van der Waals surface area contributed by atoms with Crippen LogP contribution in [0.25, 0.3) is 0 Å². The minimum atomic E-state index is -3.76. The SMILES string of the molecule is CCN(Cl)S(=O)(=O)c1ccc([N+](=O)[O-])cc1. The van der Waals surface area contributed by atoms with Crippen LogP contribution >= 0.6 is 11.8 Å². The molecule has 0 aromatic heterocycles. The maximum absolute atomic E-state index is 11.7. The van der Waals surface area contributed by atoms with Crippen LogP contribution in [0.3, 0.4) is 0 Å². The Bertz CT molecular complexity index is 485. The molecule has 0 radical (unpaired) electrons. The molecule has 1 aromatic rings. The normalized spacial score (nSPS) is 11.7. The Labute approximate surface area is 97.7 Å². The first kappa shape index (κ1) is 12.9. The van der Waals surface area contributed by atoms with Crippen molar-refractivity contribution in [1.29, 1.82) is 0 Å². The minimum absolute atomic E-state index is 0.0741. The molecule has 0 unspecified atom stereocenters. The van der Waals surface area contributed by atoms with Crippen molar-refractivity contribution >= 4 is 27.5 Å². The van der Waals surface area contributed by atoms with Crippen molar-refractivity contribution in [3.05, 3.63) is 34.4 Å². The molecule has 0 aliphatic carbocycles. The predicted octanol–water partition coefficient (Wildman–Crippen LogP) is 1.76. The van der Waals surface area contributed by atoms with Gasteiger partial charge in [-0.05, 0) is 30.8 Å². The van der Waals surface area contributed by atoms with E-state index >= 15 is 0 Å². The van der Waals surface area contributed by atoms with Crippen molar-refractivity contribution in [3.8, 4) is 0 Å². The molecule has 0 N–H and O–H groups in total. The van der Waals surface area contributed by atoms with Gasteiger partial charge >= 0.3 is 0 Å². The molecule has 0 atom stereocenters. The number of halogens is 1. The summed E-state index contributed by atoms with van der Waals surface area (Å²) in [6, 6.07) is 4.54. The number of benzene rings is 1. The third-order valence-electron chi connectivity index (χ3n) is 1.85. The second-order valence-corrected chi connectivity index (χ2v) is 5.33. The minimum Gasteiger partial charge on any atom is -0.258 e. The zero-order valence-corrected chi connectivity index (χ0v) is 9.90. The second-order valence-electron chi connectivity index (χ2n) is 2.86. The van der Waals surface area contributed by atoms with Gasteiger partial charge in [0, 0.05) is 18.7 Å². The fourth-order valence-corrected chi connectivity index (χ4v) is 2.31. The van der Waals surface area contributed by atoms with Crippen LogP contribution in [0.2, 0.25) is 0 Å². The quantitative estimate of drug-likeness (QED) is 0.471. The van der Waals surface area contributed by atoms with E-state index in [1.165, 1.54) is 0 Å². The lowest BCUT2D eigenvalue weighted by Gasteiger charge is -2.11. The van der Waals surface area contributed by atoms with E-state index in [0.717, 1.165) is 24.3 Å². The number of rotatable bonds is 4. The Hall–Kier alpha value is -1.18. The van der Waals surface area contributed by atoms with Gasteiger partial charge in [0.25, 0.3) is 15.7 Å². The van der Waals surface area contributed by atoms with Crippen molar-refractivity contribution in [2.24, 2.45) is 0 Å². The molecular weight excluding hydrogens is 256 g/mol. The zero-order valence-electron chi connectivity index (χ0n) is 8.33. The highest BCUT2D eigenvalue weighted by Crippen LogP contribution is 2.20. The summed E-state index contributed by atoms with van der Waals surface area (Å²) in [4.78, 5) is 9.69. The maximum atomic E-state index is 11.7. The second kappa shape index (κ2) is 4.77. The lowest BCUT2D eigenvalue weighted by atomic mass is 10.3. The molecule has 1 aromatic carbocycles. The molecule has 0 saturated heterocycles. The third-order valence-corrected chi connectivity index (χ3v) is 4.29. The largest absolute Gasteiger partial charge is 0.269 e. The molecule has 0 fully saturated rings. The number of nitrogens with zero attached hydrogens (tertiary/aromatic N) is 2. The average molecular weight is 265 g/mol. The predicted molar refractivity (Wildman–Crippen MR) is 58.5 cm³/mol. The molecule has 8 heteroatoms. The summed E-state index contributed by atoms with van der Waals surface area (Å²) in [5, 5.41) is 10.4. The zero-order chi connectivity index (χ0) is 12.3. The number of sulfonamides is 1. The lowest BCUT2D eigenvalue weighted by Crippen LogP contribution is -2.21. The molecule has 1 rings (SSSR count). The van der Waals surface area contributed by atoms with E-state index in [1.54, 1.807) is 6.92 Å². The van der Waals surface area contributed by atoms with Crippen molar-refractivity contribution in [3.63, 3.8) is 0 Å². The summed E-state index contributed by atoms with van der Waals surface area (Å²) in [7, 11) is -3.76. The molecule has 0 bridgehead atoms. The Morgan fingerprint density at radius 3 is 2.25 bits per heavy atom. The van der Waals surface area contributed by atoms with Gasteiger partial charge in [-0.15, -0.1) is 3.82 Å². The first-order valence-corrected chi connectivity index (χ1v) is 6.10. The molecule has 6 nitrogen and oxygen atoms in total. The van der Waals surface area contributed by atoms with Gasteiger partial charge in [-0.25, -0.2) is 8.42 Å². The Balaban J connectivity index is 3.12. The molecule has 0 aliphatic heterocycles. The smallest absolute Gasteiger partial charge is 0.258 e. The van der Waals surface area contributed by atoms with Gasteiger partial charge in [0.15, 0.2) is 0 Å². The van der Waals surface area contributed by atoms with E-state index in [4.69, 9.17) is 11.8 Å². The molecule has 16 heavy (non-hydrogen) atoms. The van der Waals surface area contributed by atoms with Gasteiger partial charge in [-0.2, -0.15) is 0 Å². The van der Waals surface area contributed by atoms with Crippen molar-refractivity contribution in [2.75, 3.05) is 6.54 Å². The standard InChI is InChI=1S/C8H9ClN2O4S/c1-2-10(9)16(14,15)8-5-3-7(4-6-8)11(12)13/h3-6H,2H2,1H3. The van der Waals surface area contributed by atoms with Crippen LogP contribution in [0.4, 0.5) is 5.69 Å². The van der Waals surface area contributed by atoms with E-state index in [1.807, 2.05) is 0 Å². The summed E-state index contributed by atoms with van der Waals surface area (Å²) >= 11 is 5.51. The summed E-state index contributed by atoms with van der Waals surface area (Å²) < 4.78 is 24.0. The molecule has 0 saturated carbocycles. The van der Waals surface area contributed by atoms with Crippen molar-refractivity contribution in [1.82, 2.24) is 3.82 Å². The van der Waals surface area contributed by atoms with E-state index < -0.39 is 14.9 Å². The highest BCUT2D eigenvalue weighted by atomic mass is 35.5. The van der Waals surface area contributed by atoms with Crippen LogP contribution in [0, 0.1) is 10.1 Å². The Morgan fingerprint density at radius 1 is 1.38 bits per heavy atom. The fourth-order valence-electron chi connectivity index (χ4n) is 1.02. The molecule has 0 spiro atoms. The van der Waals surface area contributed by atoms with E-state index in [2.05, 4.69) is 0 Å². The molecule has 88 valence electrons. The van der Waals surface area contributed by atoms with Crippen LogP contribution in [0.15, 0.2) is 29.2 Å². The monoisotopic (exact) mass is 264 g/mol. The van der Waals surface area contributed by atoms with Gasteiger partial charge in [-0.1, -0.05) is 0 Å². The van der Waals surface area contributed by atoms with Gasteiger partial charge in [0.05, 0.1) is 9.82 Å². The Morgan fingerprint density at radius 2 is 1.88 bits per heavy atom. The summed E-state index contributed by atoms with van der Waals surface area (Å²) in [5.41, 5.74) is -0.170. The number of hydrogen-bond donors (Lipinski definition) is 0. The number of non-ortho nitro benzene ring substituents is 1. The summed E-state index contributed by atoms with van der Waals surface area (Å²) in [6.45, 7) is 1.69. The summed E-state index contributed by atoms with van der Waals surface area (Å²) in [5.74, 6) is 0. The molecule has 0 heterocycles. The highest BCUT2D eigenvalue weighted by molar-refractivity contribution is 7.90. The van der Waals surface area contributed by atoms with Crippen molar-refractivity contribution in [2.45, 2.75) is 11.8 Å². The van der Waals surface area contributed by atoms with Gasteiger partial charge < -0.3 is 0 Å². The first-order valence-electron chi connectivity index (χ1n) is 4.32. The van der Waals surface area contributed by atoms with E-state index in [-0.39, 0.29) is 17.1 Å². The van der Waals surface area contributed by atoms with Gasteiger partial charge in [-0.3, -0.25) is 10.1 Å². The number of hydrogen-bond acceptors (Lipinski definition) is 4. The highest BCUT2D eigenvalue weighted by Gasteiger charge is 2.21. The molecular formula is C8H9ClN2O4S. The maximum Gasteiger partial charge on any atom is 0.269 e. The van der Waals surface area contributed by atoms with Crippen LogP contribution in [0.5, 0.6) is 0 Å². The van der Waals surface area contributed by atoms with Crippen LogP contribution < -0.4 is 0 Å². The van der Waals surface area contributed by atoms with Crippen molar-refractivity contribution < 1.29 is 13.3 Å². The topological polar surface area (TPSA) is 80.5 Å². The average Bonchev–Trinajstić information content (AvgIpc) is 2.28. The number of nitro benzene ring substituents is 1. The van der Waals surface area contributed by atoms with E-state index in [0.29, 0.717) is 3.82 Å². The van der Waals surface area contributed by atoms with Gasteiger partial charge in [0.2, 0.25) is 0 Å². The van der Waals surface area contributed by atoms with E-state index in [9.17, 15) is 18.5 Å². The van der Waals surface area contributed by atoms with Crippen LogP contribution in [0.1, 0.15) is 6.92 Å². The fraction of sp³-hybridized carbons (Fsp3) is 0.250. The number of nitro groups is 1. The van der Waals surface area contributed by atoms with Crippen LogP contribution in [-0.2, 0) is 10.0 Å². The lowest BCUT2D eigenvalue weighted by molar-refractivity contribution is -0.384. The molecule has 0 aliphatic rings. The first-order chi connectivity index (χ1) is 7.39. The molecule has 0 amide bonds. The Kier molecular flexibility index (Phi) is 3.84.